The zero-order valence-electron chi connectivity index (χ0n) is 26.7. The molecule has 0 aliphatic rings. The van der Waals surface area contributed by atoms with E-state index in [0.717, 1.165) is 0 Å². The molecule has 0 nitrogen and oxygen atoms in total. The van der Waals surface area contributed by atoms with Gasteiger partial charge in [-0.2, -0.15) is 0 Å². The maximum Gasteiger partial charge on any atom is 0.112 e. The third-order valence-electron chi connectivity index (χ3n) is 10.3. The van der Waals surface area contributed by atoms with Crippen molar-refractivity contribution in [2.75, 3.05) is 0 Å². The zero-order chi connectivity index (χ0) is 31.5. The fraction of sp³-hybridized carbons (Fsp3) is 0.0435. The molecule has 0 aliphatic carbocycles. The molecule has 0 aliphatic heterocycles. The van der Waals surface area contributed by atoms with Gasteiger partial charge in [0.05, 0.1) is 0 Å². The zero-order valence-corrected chi connectivity index (χ0v) is 27.7. The Hall–Kier alpha value is -5.50. The maximum atomic E-state index is 2.47. The summed E-state index contributed by atoms with van der Waals surface area (Å²) in [6, 6.07) is 63.4. The van der Waals surface area contributed by atoms with Crippen molar-refractivity contribution in [2.45, 2.75) is 13.1 Å². The van der Waals surface area contributed by atoms with E-state index < -0.39 is 8.07 Å². The van der Waals surface area contributed by atoms with E-state index >= 15 is 0 Å². The molecule has 0 aromatic heterocycles. The molecule has 0 atom stereocenters. The van der Waals surface area contributed by atoms with Crippen molar-refractivity contribution in [1.82, 2.24) is 0 Å². The van der Waals surface area contributed by atoms with Crippen LogP contribution in [0.15, 0.2) is 170 Å². The summed E-state index contributed by atoms with van der Waals surface area (Å²) in [4.78, 5) is 0. The molecule has 9 aromatic rings. The van der Waals surface area contributed by atoms with Gasteiger partial charge in [-0.15, -0.1) is 0 Å². The number of hydrogen-bond donors (Lipinski definition) is 0. The molecular weight excluding hydrogens is 581 g/mol. The van der Waals surface area contributed by atoms with Crippen LogP contribution in [0.4, 0.5) is 0 Å². The van der Waals surface area contributed by atoms with Crippen LogP contribution >= 0.6 is 0 Å². The topological polar surface area (TPSA) is 0 Å². The van der Waals surface area contributed by atoms with Crippen molar-refractivity contribution in [1.29, 1.82) is 0 Å². The molecule has 9 rings (SSSR count). The second kappa shape index (κ2) is 10.8. The van der Waals surface area contributed by atoms with Crippen LogP contribution in [0.25, 0.3) is 76.1 Å². The standard InChI is InChI=1S/C46H34Si/c1-47(2,39-25-23-32-12-4-6-14-34(32)29-39)40-26-24-35-28-38(22-20-36(35)30-40)46-43-17-9-7-15-41(43)45(42-16-8-10-18-44(42)46)37-21-19-31-11-3-5-13-33(31)27-37/h3-30H,1-2H3. The second-order valence-electron chi connectivity index (χ2n) is 13.4. The lowest BCUT2D eigenvalue weighted by Crippen LogP contribution is -2.52. The van der Waals surface area contributed by atoms with E-state index in [1.165, 1.54) is 86.5 Å². The molecule has 222 valence electrons. The summed E-state index contributed by atoms with van der Waals surface area (Å²) in [5, 5.41) is 15.8. The van der Waals surface area contributed by atoms with Gasteiger partial charge < -0.3 is 0 Å². The van der Waals surface area contributed by atoms with Gasteiger partial charge in [0.2, 0.25) is 0 Å². The van der Waals surface area contributed by atoms with Crippen LogP contribution in [0.3, 0.4) is 0 Å². The molecule has 0 fully saturated rings. The largest absolute Gasteiger partial charge is 0.112 e. The number of benzene rings is 9. The summed E-state index contributed by atoms with van der Waals surface area (Å²) in [5.41, 5.74) is 5.12. The number of rotatable bonds is 4. The molecule has 1 heteroatoms. The van der Waals surface area contributed by atoms with Crippen molar-refractivity contribution >= 4 is 72.3 Å². The van der Waals surface area contributed by atoms with Gasteiger partial charge in [-0.25, -0.2) is 0 Å². The van der Waals surface area contributed by atoms with Gasteiger partial charge in [0.15, 0.2) is 0 Å². The van der Waals surface area contributed by atoms with Crippen LogP contribution in [0, 0.1) is 0 Å². The SMILES string of the molecule is C[Si](C)(c1ccc2ccccc2c1)c1ccc2cc(-c3c4ccccc4c(-c4ccc5ccccc5c4)c4ccccc34)ccc2c1. The van der Waals surface area contributed by atoms with E-state index in [-0.39, 0.29) is 0 Å². The molecular formula is C46H34Si. The average Bonchev–Trinajstić information content (AvgIpc) is 3.13. The molecule has 0 bridgehead atoms. The van der Waals surface area contributed by atoms with Crippen molar-refractivity contribution in [3.63, 3.8) is 0 Å². The Kier molecular flexibility index (Phi) is 6.38. The monoisotopic (exact) mass is 614 g/mol. The molecule has 0 radical (unpaired) electrons. The summed E-state index contributed by atoms with van der Waals surface area (Å²) in [6.45, 7) is 4.95. The maximum absolute atomic E-state index is 2.47. The van der Waals surface area contributed by atoms with Gasteiger partial charge >= 0.3 is 0 Å². The summed E-state index contributed by atoms with van der Waals surface area (Å²) in [5.74, 6) is 0. The highest BCUT2D eigenvalue weighted by Gasteiger charge is 2.26. The van der Waals surface area contributed by atoms with Gasteiger partial charge in [-0.3, -0.25) is 0 Å². The molecule has 0 saturated carbocycles. The van der Waals surface area contributed by atoms with E-state index in [1.54, 1.807) is 0 Å². The van der Waals surface area contributed by atoms with Crippen molar-refractivity contribution in [3.05, 3.63) is 170 Å². The highest BCUT2D eigenvalue weighted by atomic mass is 28.3. The minimum atomic E-state index is -1.90. The Balaban J connectivity index is 1.20. The highest BCUT2D eigenvalue weighted by molar-refractivity contribution is 7.00. The molecule has 0 amide bonds. The van der Waals surface area contributed by atoms with E-state index in [1.807, 2.05) is 0 Å². The molecule has 0 heterocycles. The lowest BCUT2D eigenvalue weighted by atomic mass is 9.85. The first-order valence-electron chi connectivity index (χ1n) is 16.5. The highest BCUT2D eigenvalue weighted by Crippen LogP contribution is 2.44. The summed E-state index contributed by atoms with van der Waals surface area (Å²) < 4.78 is 0. The van der Waals surface area contributed by atoms with Crippen molar-refractivity contribution in [2.24, 2.45) is 0 Å². The van der Waals surface area contributed by atoms with Gasteiger partial charge in [-0.05, 0) is 88.2 Å². The number of hydrogen-bond acceptors (Lipinski definition) is 0. The van der Waals surface area contributed by atoms with E-state index in [9.17, 15) is 0 Å². The van der Waals surface area contributed by atoms with E-state index in [0.29, 0.717) is 0 Å². The van der Waals surface area contributed by atoms with E-state index in [2.05, 4.69) is 183 Å². The van der Waals surface area contributed by atoms with Gasteiger partial charge in [0.25, 0.3) is 0 Å². The lowest BCUT2D eigenvalue weighted by Gasteiger charge is -2.25. The third-order valence-corrected chi connectivity index (χ3v) is 13.8. The summed E-state index contributed by atoms with van der Waals surface area (Å²) in [6.07, 6.45) is 0. The van der Waals surface area contributed by atoms with Crippen LogP contribution < -0.4 is 10.4 Å². The first-order chi connectivity index (χ1) is 23.0. The lowest BCUT2D eigenvalue weighted by molar-refractivity contribution is 1.68. The van der Waals surface area contributed by atoms with Crippen LogP contribution in [0.5, 0.6) is 0 Å². The Labute approximate surface area is 276 Å². The smallest absolute Gasteiger partial charge is 0.0620 e. The Morgan fingerprint density at radius 1 is 0.298 bits per heavy atom. The van der Waals surface area contributed by atoms with Crippen molar-refractivity contribution < 1.29 is 0 Å². The van der Waals surface area contributed by atoms with Gasteiger partial charge in [0.1, 0.15) is 8.07 Å². The van der Waals surface area contributed by atoms with E-state index in [4.69, 9.17) is 0 Å². The van der Waals surface area contributed by atoms with Crippen LogP contribution in [0.1, 0.15) is 0 Å². The fourth-order valence-corrected chi connectivity index (χ4v) is 10.00. The summed E-state index contributed by atoms with van der Waals surface area (Å²) in [7, 11) is -1.90. The van der Waals surface area contributed by atoms with Gasteiger partial charge in [0, 0.05) is 0 Å². The average molecular weight is 615 g/mol. The normalized spacial score (nSPS) is 12.0. The Bertz CT molecular complexity index is 2600. The predicted octanol–water partition coefficient (Wildman–Crippen LogP) is 11.6. The quantitative estimate of drug-likeness (QED) is 0.137. The Morgan fingerprint density at radius 3 is 1.11 bits per heavy atom. The van der Waals surface area contributed by atoms with Crippen LogP contribution in [-0.4, -0.2) is 8.07 Å². The number of fused-ring (bicyclic) bond motifs is 5. The first-order valence-corrected chi connectivity index (χ1v) is 19.5. The minimum Gasteiger partial charge on any atom is -0.0620 e. The molecule has 9 aromatic carbocycles. The van der Waals surface area contributed by atoms with Gasteiger partial charge in [-0.1, -0.05) is 181 Å². The second-order valence-corrected chi connectivity index (χ2v) is 17.8. The molecule has 0 unspecified atom stereocenters. The van der Waals surface area contributed by atoms with Crippen LogP contribution in [0.2, 0.25) is 13.1 Å². The fourth-order valence-electron chi connectivity index (χ4n) is 7.63. The molecule has 47 heavy (non-hydrogen) atoms. The predicted molar refractivity (Wildman–Crippen MR) is 208 cm³/mol. The van der Waals surface area contributed by atoms with Crippen LogP contribution in [-0.2, 0) is 0 Å². The Morgan fingerprint density at radius 2 is 0.617 bits per heavy atom. The minimum absolute atomic E-state index is 1.26. The van der Waals surface area contributed by atoms with Crippen molar-refractivity contribution in [3.8, 4) is 22.3 Å². The molecule has 0 N–H and O–H groups in total. The molecule has 0 saturated heterocycles. The first kappa shape index (κ1) is 27.8. The summed E-state index contributed by atoms with van der Waals surface area (Å²) >= 11 is 0. The molecule has 0 spiro atoms. The third kappa shape index (κ3) is 4.58.